The molecular formula is C35H32N4O8. The Morgan fingerprint density at radius 2 is 0.957 bits per heavy atom. The molecule has 0 atom stereocenters. The Hall–Kier alpha value is -6.30. The third kappa shape index (κ3) is 10.4. The molecule has 0 aliphatic carbocycles. The van der Waals surface area contributed by atoms with E-state index in [9.17, 15) is 19.2 Å². The van der Waals surface area contributed by atoms with Crippen LogP contribution in [0, 0.1) is 0 Å². The van der Waals surface area contributed by atoms with E-state index in [0.29, 0.717) is 33.8 Å². The first-order valence-electron chi connectivity index (χ1n) is 14.4. The molecule has 12 heteroatoms. The molecule has 0 spiro atoms. The van der Waals surface area contributed by atoms with Crippen LogP contribution in [0.15, 0.2) is 107 Å². The van der Waals surface area contributed by atoms with Gasteiger partial charge in [0, 0.05) is 24.0 Å². The first-order valence-corrected chi connectivity index (χ1v) is 14.4. The predicted octanol–water partition coefficient (Wildman–Crippen LogP) is 4.91. The van der Waals surface area contributed by atoms with E-state index in [1.165, 1.54) is 26.6 Å². The first-order chi connectivity index (χ1) is 22.9. The average molecular weight is 637 g/mol. The Labute approximate surface area is 271 Å². The van der Waals surface area contributed by atoms with Crippen LogP contribution in [-0.4, -0.2) is 50.4 Å². The molecule has 0 saturated carbocycles. The number of para-hydroxylation sites is 2. The number of ether oxygens (including phenoxy) is 4. The van der Waals surface area contributed by atoms with Crippen molar-refractivity contribution in [1.82, 2.24) is 10.9 Å². The zero-order chi connectivity index (χ0) is 33.4. The van der Waals surface area contributed by atoms with Gasteiger partial charge >= 0.3 is 11.9 Å². The summed E-state index contributed by atoms with van der Waals surface area (Å²) >= 11 is 0. The molecule has 0 aromatic heterocycles. The molecular weight excluding hydrogens is 604 g/mol. The summed E-state index contributed by atoms with van der Waals surface area (Å²) in [5.41, 5.74) is 6.44. The van der Waals surface area contributed by atoms with Crippen molar-refractivity contribution in [2.24, 2.45) is 10.2 Å². The maximum atomic E-state index is 12.5. The average Bonchev–Trinajstić information content (AvgIpc) is 3.09. The molecule has 12 nitrogen and oxygen atoms in total. The minimum absolute atomic E-state index is 0.0344. The Kier molecular flexibility index (Phi) is 12.3. The molecule has 0 aliphatic rings. The third-order valence-electron chi connectivity index (χ3n) is 6.49. The van der Waals surface area contributed by atoms with Crippen LogP contribution in [0.2, 0.25) is 0 Å². The lowest BCUT2D eigenvalue weighted by atomic mass is 10.2. The summed E-state index contributed by atoms with van der Waals surface area (Å²) < 4.78 is 21.2. The molecule has 0 saturated heterocycles. The molecule has 0 unspecified atom stereocenters. The van der Waals surface area contributed by atoms with Crippen LogP contribution in [0.1, 0.15) is 51.1 Å². The first kappa shape index (κ1) is 33.6. The lowest BCUT2D eigenvalue weighted by Crippen LogP contribution is -2.20. The molecule has 2 N–H and O–H groups in total. The number of amides is 2. The highest BCUT2D eigenvalue weighted by Gasteiger charge is 2.13. The zero-order valence-corrected chi connectivity index (χ0v) is 25.7. The van der Waals surface area contributed by atoms with Crippen molar-refractivity contribution < 1.29 is 38.1 Å². The van der Waals surface area contributed by atoms with Gasteiger partial charge in [0.2, 0.25) is 11.8 Å². The summed E-state index contributed by atoms with van der Waals surface area (Å²) in [5, 5.41) is 7.89. The molecule has 0 radical (unpaired) electrons. The van der Waals surface area contributed by atoms with E-state index in [1.807, 2.05) is 0 Å². The second kappa shape index (κ2) is 17.3. The number of nitrogens with one attached hydrogen (secondary N) is 2. The number of carbonyl (C=O) groups is 4. The fourth-order valence-corrected chi connectivity index (χ4v) is 4.00. The molecule has 47 heavy (non-hydrogen) atoms. The normalized spacial score (nSPS) is 10.8. The molecule has 240 valence electrons. The number of benzene rings is 4. The summed E-state index contributed by atoms with van der Waals surface area (Å²) in [7, 11) is 3.07. The van der Waals surface area contributed by atoms with E-state index in [0.717, 1.165) is 0 Å². The van der Waals surface area contributed by atoms with Crippen LogP contribution < -0.4 is 29.8 Å². The maximum absolute atomic E-state index is 12.5. The van der Waals surface area contributed by atoms with Crippen molar-refractivity contribution in [2.75, 3.05) is 14.2 Å². The lowest BCUT2D eigenvalue weighted by molar-refractivity contribution is -0.122. The van der Waals surface area contributed by atoms with Gasteiger partial charge in [0.15, 0.2) is 0 Å². The van der Waals surface area contributed by atoms with Gasteiger partial charge in [0.25, 0.3) is 0 Å². The van der Waals surface area contributed by atoms with Crippen LogP contribution in [0.25, 0.3) is 0 Å². The van der Waals surface area contributed by atoms with Crippen LogP contribution in [0.4, 0.5) is 0 Å². The molecule has 4 aromatic carbocycles. The summed E-state index contributed by atoms with van der Waals surface area (Å²) in [6, 6.07) is 26.5. The number of esters is 2. The standard InChI is InChI=1S/C35H32N4O8/c1-44-28-18-14-24(15-19-28)34(42)46-30-10-5-3-8-26(30)22-36-38-32(40)12-7-13-33(41)39-37-23-27-9-4-6-11-31(27)47-35(43)25-16-20-29(45-2)21-17-25/h3-6,8-11,14-23H,7,12-13H2,1-2H3,(H,38,40)(H,39,41)/b36-22-,37-23+. The minimum Gasteiger partial charge on any atom is -0.497 e. The molecule has 0 aliphatic heterocycles. The number of rotatable bonds is 14. The summed E-state index contributed by atoms with van der Waals surface area (Å²) in [6.07, 6.45) is 3.04. The van der Waals surface area contributed by atoms with E-state index >= 15 is 0 Å². The van der Waals surface area contributed by atoms with Crippen molar-refractivity contribution in [1.29, 1.82) is 0 Å². The van der Waals surface area contributed by atoms with Crippen molar-refractivity contribution in [3.05, 3.63) is 119 Å². The number of hydrogen-bond donors (Lipinski definition) is 2. The molecule has 0 heterocycles. The Balaban J connectivity index is 1.20. The second-order valence-corrected chi connectivity index (χ2v) is 9.75. The Morgan fingerprint density at radius 1 is 0.574 bits per heavy atom. The number of nitrogens with zero attached hydrogens (tertiary/aromatic N) is 2. The van der Waals surface area contributed by atoms with Crippen LogP contribution in [0.3, 0.4) is 0 Å². The van der Waals surface area contributed by atoms with Gasteiger partial charge in [0.05, 0.1) is 37.8 Å². The minimum atomic E-state index is -0.558. The summed E-state index contributed by atoms with van der Waals surface area (Å²) in [6.45, 7) is 0. The number of methoxy groups -OCH3 is 2. The smallest absolute Gasteiger partial charge is 0.343 e. The molecule has 4 aromatic rings. The fraction of sp³-hybridized carbons (Fsp3) is 0.143. The molecule has 0 fully saturated rings. The van der Waals surface area contributed by atoms with Crippen LogP contribution in [-0.2, 0) is 9.59 Å². The quantitative estimate of drug-likeness (QED) is 0.0857. The van der Waals surface area contributed by atoms with Gasteiger partial charge in [0.1, 0.15) is 23.0 Å². The largest absolute Gasteiger partial charge is 0.497 e. The van der Waals surface area contributed by atoms with Crippen molar-refractivity contribution in [3.8, 4) is 23.0 Å². The maximum Gasteiger partial charge on any atom is 0.343 e. The van der Waals surface area contributed by atoms with E-state index in [1.54, 1.807) is 97.1 Å². The van der Waals surface area contributed by atoms with Gasteiger partial charge in [-0.1, -0.05) is 24.3 Å². The summed E-state index contributed by atoms with van der Waals surface area (Å²) in [5.74, 6) is -0.166. The van der Waals surface area contributed by atoms with Crippen molar-refractivity contribution >= 4 is 36.2 Å². The van der Waals surface area contributed by atoms with E-state index in [4.69, 9.17) is 18.9 Å². The highest BCUT2D eigenvalue weighted by atomic mass is 16.5. The van der Waals surface area contributed by atoms with E-state index in [2.05, 4.69) is 21.1 Å². The number of carbonyl (C=O) groups excluding carboxylic acids is 4. The topological polar surface area (TPSA) is 154 Å². The number of hydrazone groups is 2. The zero-order valence-electron chi connectivity index (χ0n) is 25.7. The van der Waals surface area contributed by atoms with E-state index in [-0.39, 0.29) is 30.8 Å². The Bertz CT molecular complexity index is 1620. The predicted molar refractivity (Wildman–Crippen MR) is 174 cm³/mol. The van der Waals surface area contributed by atoms with Crippen molar-refractivity contribution in [3.63, 3.8) is 0 Å². The highest BCUT2D eigenvalue weighted by Crippen LogP contribution is 2.20. The van der Waals surface area contributed by atoms with Gasteiger partial charge in [-0.25, -0.2) is 20.4 Å². The molecule has 2 amide bonds. The monoisotopic (exact) mass is 636 g/mol. The van der Waals surface area contributed by atoms with Crippen LogP contribution >= 0.6 is 0 Å². The number of hydrogen-bond acceptors (Lipinski definition) is 10. The third-order valence-corrected chi connectivity index (χ3v) is 6.49. The Morgan fingerprint density at radius 3 is 1.34 bits per heavy atom. The highest BCUT2D eigenvalue weighted by molar-refractivity contribution is 5.94. The molecule has 0 bridgehead atoms. The lowest BCUT2D eigenvalue weighted by Gasteiger charge is -2.08. The second-order valence-electron chi connectivity index (χ2n) is 9.75. The van der Waals surface area contributed by atoms with Gasteiger partial charge in [-0.15, -0.1) is 0 Å². The SMILES string of the molecule is COc1ccc(C(=O)Oc2ccccc2/C=N\NC(=O)CCCC(=O)N/N=C/c2ccccc2OC(=O)c2ccc(OC)cc2)cc1. The van der Waals surface area contributed by atoms with Gasteiger partial charge < -0.3 is 18.9 Å². The fourth-order valence-electron chi connectivity index (χ4n) is 4.00. The van der Waals surface area contributed by atoms with Gasteiger partial charge in [-0.3, -0.25) is 9.59 Å². The van der Waals surface area contributed by atoms with Crippen molar-refractivity contribution in [2.45, 2.75) is 19.3 Å². The van der Waals surface area contributed by atoms with E-state index < -0.39 is 23.8 Å². The van der Waals surface area contributed by atoms with Gasteiger partial charge in [-0.2, -0.15) is 10.2 Å². The van der Waals surface area contributed by atoms with Crippen LogP contribution in [0.5, 0.6) is 23.0 Å². The van der Waals surface area contributed by atoms with Gasteiger partial charge in [-0.05, 0) is 79.2 Å². The summed E-state index contributed by atoms with van der Waals surface area (Å²) in [4.78, 5) is 49.6. The molecule has 4 rings (SSSR count).